The smallest absolute Gasteiger partial charge is 0.0915 e. The summed E-state index contributed by atoms with van der Waals surface area (Å²) in [6, 6.07) is 20.8. The van der Waals surface area contributed by atoms with Crippen molar-refractivity contribution in [3.63, 3.8) is 0 Å². The molecule has 0 unspecified atom stereocenters. The van der Waals surface area contributed by atoms with Gasteiger partial charge in [-0.25, -0.2) is 0 Å². The predicted molar refractivity (Wildman–Crippen MR) is 80.6 cm³/mol. The number of hydrogen-bond donors (Lipinski definition) is 2. The summed E-state index contributed by atoms with van der Waals surface area (Å²) in [5, 5.41) is 6.58. The first-order valence-corrected chi connectivity index (χ1v) is 6.59. The van der Waals surface area contributed by atoms with Crippen LogP contribution < -0.4 is 10.6 Å². The quantitative estimate of drug-likeness (QED) is 0.791. The van der Waals surface area contributed by atoms with Crippen LogP contribution in [0.5, 0.6) is 0 Å². The van der Waals surface area contributed by atoms with Crippen molar-refractivity contribution in [2.75, 3.05) is 6.54 Å². The summed E-state index contributed by atoms with van der Waals surface area (Å²) in [6.07, 6.45) is 1.01. The van der Waals surface area contributed by atoms with E-state index < -0.39 is 0 Å². The highest BCUT2D eigenvalue weighted by atomic mass is 15.1. The van der Waals surface area contributed by atoms with Gasteiger partial charge in [-0.1, -0.05) is 67.2 Å². The van der Waals surface area contributed by atoms with Gasteiger partial charge >= 0.3 is 0 Å². The molecule has 0 bridgehead atoms. The minimum absolute atomic E-state index is 0.804. The molecular weight excluding hydrogens is 232 g/mol. The first-order chi connectivity index (χ1) is 9.34. The zero-order valence-electron chi connectivity index (χ0n) is 11.1. The van der Waals surface area contributed by atoms with Crippen LogP contribution in [0.4, 0.5) is 0 Å². The molecular formula is C17H20N2. The van der Waals surface area contributed by atoms with Crippen LogP contribution in [0.25, 0.3) is 0 Å². The zero-order valence-corrected chi connectivity index (χ0v) is 11.1. The van der Waals surface area contributed by atoms with Gasteiger partial charge in [0.05, 0.1) is 5.82 Å². The lowest BCUT2D eigenvalue weighted by atomic mass is 10.1. The van der Waals surface area contributed by atoms with E-state index in [1.165, 1.54) is 11.1 Å². The van der Waals surface area contributed by atoms with Crippen molar-refractivity contribution in [1.82, 2.24) is 10.6 Å². The first-order valence-electron chi connectivity index (χ1n) is 6.59. The molecule has 0 aliphatic rings. The summed E-state index contributed by atoms with van der Waals surface area (Å²) in [5.74, 6) is 0.875. The van der Waals surface area contributed by atoms with Crippen LogP contribution in [-0.2, 0) is 13.0 Å². The average Bonchev–Trinajstić information content (AvgIpc) is 2.47. The van der Waals surface area contributed by atoms with Crippen LogP contribution >= 0.6 is 0 Å². The second kappa shape index (κ2) is 7.27. The van der Waals surface area contributed by atoms with E-state index in [1.54, 1.807) is 0 Å². The minimum atomic E-state index is 0.804. The highest BCUT2D eigenvalue weighted by Gasteiger charge is 1.95. The highest BCUT2D eigenvalue weighted by molar-refractivity contribution is 5.16. The molecule has 2 nitrogen and oxygen atoms in total. The van der Waals surface area contributed by atoms with Crippen molar-refractivity contribution < 1.29 is 0 Å². The molecule has 0 saturated heterocycles. The molecule has 0 heterocycles. The van der Waals surface area contributed by atoms with Crippen molar-refractivity contribution >= 4 is 0 Å². The van der Waals surface area contributed by atoms with Gasteiger partial charge in [-0.05, 0) is 17.5 Å². The van der Waals surface area contributed by atoms with Gasteiger partial charge in [-0.15, -0.1) is 0 Å². The van der Waals surface area contributed by atoms with E-state index in [9.17, 15) is 0 Å². The summed E-state index contributed by atoms with van der Waals surface area (Å²) in [5.41, 5.74) is 2.60. The molecule has 2 N–H and O–H groups in total. The summed E-state index contributed by atoms with van der Waals surface area (Å²) in [6.45, 7) is 5.68. The van der Waals surface area contributed by atoms with Crippen LogP contribution in [-0.4, -0.2) is 6.54 Å². The number of hydrogen-bond acceptors (Lipinski definition) is 2. The SMILES string of the molecule is C=C(NCCc1ccccc1)NCc1ccccc1. The molecule has 19 heavy (non-hydrogen) atoms. The van der Waals surface area contributed by atoms with Crippen LogP contribution in [0.15, 0.2) is 73.1 Å². The molecule has 0 saturated carbocycles. The first kappa shape index (κ1) is 13.2. The van der Waals surface area contributed by atoms with Gasteiger partial charge in [0.25, 0.3) is 0 Å². The Hall–Kier alpha value is -2.22. The third kappa shape index (κ3) is 4.88. The Kier molecular flexibility index (Phi) is 5.06. The lowest BCUT2D eigenvalue weighted by Gasteiger charge is -2.12. The molecule has 2 aromatic carbocycles. The third-order valence-corrected chi connectivity index (χ3v) is 2.94. The largest absolute Gasteiger partial charge is 0.372 e. The maximum atomic E-state index is 3.98. The van der Waals surface area contributed by atoms with Gasteiger partial charge in [-0.3, -0.25) is 0 Å². The van der Waals surface area contributed by atoms with Gasteiger partial charge in [0.1, 0.15) is 0 Å². The van der Waals surface area contributed by atoms with E-state index in [4.69, 9.17) is 0 Å². The number of nitrogens with one attached hydrogen (secondary N) is 2. The van der Waals surface area contributed by atoms with Gasteiger partial charge in [0.2, 0.25) is 0 Å². The molecule has 0 atom stereocenters. The lowest BCUT2D eigenvalue weighted by Crippen LogP contribution is -2.26. The summed E-state index contributed by atoms with van der Waals surface area (Å²) in [4.78, 5) is 0. The Labute approximate surface area is 115 Å². The lowest BCUT2D eigenvalue weighted by molar-refractivity contribution is 0.682. The van der Waals surface area contributed by atoms with Gasteiger partial charge in [-0.2, -0.15) is 0 Å². The summed E-state index contributed by atoms with van der Waals surface area (Å²) >= 11 is 0. The second-order valence-corrected chi connectivity index (χ2v) is 4.48. The molecule has 98 valence electrons. The molecule has 0 spiro atoms. The van der Waals surface area contributed by atoms with Crippen molar-refractivity contribution in [1.29, 1.82) is 0 Å². The van der Waals surface area contributed by atoms with E-state index in [2.05, 4.69) is 53.6 Å². The normalized spacial score (nSPS) is 9.89. The molecule has 2 aromatic rings. The topological polar surface area (TPSA) is 24.1 Å². The summed E-state index contributed by atoms with van der Waals surface area (Å²) < 4.78 is 0. The fraction of sp³-hybridized carbons (Fsp3) is 0.176. The Morgan fingerprint density at radius 3 is 2.00 bits per heavy atom. The number of benzene rings is 2. The fourth-order valence-corrected chi connectivity index (χ4v) is 1.87. The molecule has 2 rings (SSSR count). The second-order valence-electron chi connectivity index (χ2n) is 4.48. The average molecular weight is 252 g/mol. The van der Waals surface area contributed by atoms with Crippen molar-refractivity contribution in [2.24, 2.45) is 0 Å². The van der Waals surface area contributed by atoms with E-state index in [0.29, 0.717) is 0 Å². The van der Waals surface area contributed by atoms with Crippen molar-refractivity contribution in [3.8, 4) is 0 Å². The van der Waals surface area contributed by atoms with E-state index in [-0.39, 0.29) is 0 Å². The molecule has 2 heteroatoms. The van der Waals surface area contributed by atoms with Gasteiger partial charge in [0, 0.05) is 13.1 Å². The Balaban J connectivity index is 1.65. The van der Waals surface area contributed by atoms with Crippen molar-refractivity contribution in [2.45, 2.75) is 13.0 Å². The molecule has 0 aliphatic carbocycles. The Morgan fingerprint density at radius 1 is 0.789 bits per heavy atom. The van der Waals surface area contributed by atoms with Gasteiger partial charge < -0.3 is 10.6 Å². The van der Waals surface area contributed by atoms with Crippen LogP contribution in [0.1, 0.15) is 11.1 Å². The zero-order chi connectivity index (χ0) is 13.3. The Morgan fingerprint density at radius 2 is 1.37 bits per heavy atom. The molecule has 0 radical (unpaired) electrons. The molecule has 0 aliphatic heterocycles. The number of rotatable bonds is 7. The van der Waals surface area contributed by atoms with E-state index in [0.717, 1.165) is 25.3 Å². The van der Waals surface area contributed by atoms with Crippen LogP contribution in [0.3, 0.4) is 0 Å². The maximum Gasteiger partial charge on any atom is 0.0915 e. The molecule has 0 amide bonds. The van der Waals surface area contributed by atoms with Gasteiger partial charge in [0.15, 0.2) is 0 Å². The monoisotopic (exact) mass is 252 g/mol. The Bertz CT molecular complexity index is 491. The highest BCUT2D eigenvalue weighted by Crippen LogP contribution is 2.00. The molecule has 0 aromatic heterocycles. The maximum absolute atomic E-state index is 3.98. The summed E-state index contributed by atoms with van der Waals surface area (Å²) in [7, 11) is 0. The van der Waals surface area contributed by atoms with E-state index in [1.807, 2.05) is 24.3 Å². The van der Waals surface area contributed by atoms with Crippen LogP contribution in [0, 0.1) is 0 Å². The standard InChI is InChI=1S/C17H20N2/c1-15(19-14-17-10-6-3-7-11-17)18-13-12-16-8-4-2-5-9-16/h2-11,18-19H,1,12-14H2. The predicted octanol–water partition coefficient (Wildman–Crippen LogP) is 3.08. The minimum Gasteiger partial charge on any atom is -0.372 e. The third-order valence-electron chi connectivity index (χ3n) is 2.94. The fourth-order valence-electron chi connectivity index (χ4n) is 1.87. The van der Waals surface area contributed by atoms with Crippen molar-refractivity contribution in [3.05, 3.63) is 84.2 Å². The van der Waals surface area contributed by atoms with E-state index >= 15 is 0 Å². The van der Waals surface area contributed by atoms with Crippen LogP contribution in [0.2, 0.25) is 0 Å². The molecule has 0 fully saturated rings.